The van der Waals surface area contributed by atoms with E-state index in [-0.39, 0.29) is 10.9 Å². The van der Waals surface area contributed by atoms with Gasteiger partial charge in [0.1, 0.15) is 29.4 Å². The first-order chi connectivity index (χ1) is 17.6. The lowest BCUT2D eigenvalue weighted by Gasteiger charge is -2.38. The third kappa shape index (κ3) is 5.83. The molecule has 0 saturated heterocycles. The first-order valence-electron chi connectivity index (χ1n) is 12.1. The number of anilines is 1. The Hall–Kier alpha value is -3.72. The topological polar surface area (TPSA) is 94.2 Å². The molecule has 0 spiro atoms. The highest BCUT2D eigenvalue weighted by Crippen LogP contribution is 2.41. The maximum Gasteiger partial charge on any atom is 0.264 e. The molecule has 0 aliphatic carbocycles. The Bertz CT molecular complexity index is 1360. The summed E-state index contributed by atoms with van der Waals surface area (Å²) in [7, 11) is -2.49. The van der Waals surface area contributed by atoms with E-state index in [9.17, 15) is 13.2 Å². The Morgan fingerprint density at radius 1 is 1.08 bits per heavy atom. The fraction of sp³-hybridized carbons (Fsp3) is 0.321. The van der Waals surface area contributed by atoms with Crippen molar-refractivity contribution in [2.24, 2.45) is 0 Å². The number of hydrogen-bond acceptors (Lipinski definition) is 6. The van der Waals surface area contributed by atoms with Crippen LogP contribution in [0.25, 0.3) is 0 Å². The number of nitrogens with one attached hydrogen (secondary N) is 1. The number of methoxy groups -OCH3 is 1. The Morgan fingerprint density at radius 3 is 2.49 bits per heavy atom. The molecule has 1 atom stereocenters. The molecule has 1 amide bonds. The molecule has 0 fully saturated rings. The SMILES string of the molecule is CCOc1ccccc1N(CC(=O)NC1CC(C)(C)Oc2cc(OC)ccc21)S(=O)(=O)c1ccccc1. The molecule has 37 heavy (non-hydrogen) atoms. The van der Waals surface area contributed by atoms with Crippen molar-refractivity contribution in [1.82, 2.24) is 5.32 Å². The predicted octanol–water partition coefficient (Wildman–Crippen LogP) is 4.71. The highest BCUT2D eigenvalue weighted by molar-refractivity contribution is 7.92. The molecular weight excluding hydrogens is 492 g/mol. The number of fused-ring (bicyclic) bond motifs is 1. The lowest BCUT2D eigenvalue weighted by Crippen LogP contribution is -2.45. The van der Waals surface area contributed by atoms with Crippen molar-refractivity contribution in [3.05, 3.63) is 78.4 Å². The smallest absolute Gasteiger partial charge is 0.264 e. The third-order valence-corrected chi connectivity index (χ3v) is 7.84. The Kier molecular flexibility index (Phi) is 7.63. The van der Waals surface area contributed by atoms with Gasteiger partial charge in [0.05, 0.1) is 30.3 Å². The van der Waals surface area contributed by atoms with E-state index in [1.165, 1.54) is 12.1 Å². The second-order valence-electron chi connectivity index (χ2n) is 9.32. The summed E-state index contributed by atoms with van der Waals surface area (Å²) in [5.74, 6) is 1.20. The maximum atomic E-state index is 13.7. The Labute approximate surface area is 218 Å². The van der Waals surface area contributed by atoms with Gasteiger partial charge in [0.15, 0.2) is 0 Å². The van der Waals surface area contributed by atoms with E-state index in [0.29, 0.717) is 36.0 Å². The van der Waals surface area contributed by atoms with Crippen LogP contribution in [0.15, 0.2) is 77.7 Å². The number of carbonyl (C=O) groups excluding carboxylic acids is 1. The molecule has 4 rings (SSSR count). The van der Waals surface area contributed by atoms with E-state index in [0.717, 1.165) is 9.87 Å². The van der Waals surface area contributed by atoms with Crippen molar-refractivity contribution < 1.29 is 27.4 Å². The van der Waals surface area contributed by atoms with Crippen LogP contribution >= 0.6 is 0 Å². The van der Waals surface area contributed by atoms with Crippen molar-refractivity contribution in [2.75, 3.05) is 24.6 Å². The second kappa shape index (κ2) is 10.7. The van der Waals surface area contributed by atoms with Crippen LogP contribution < -0.4 is 23.8 Å². The van der Waals surface area contributed by atoms with Crippen molar-refractivity contribution in [3.8, 4) is 17.2 Å². The lowest BCUT2D eigenvalue weighted by molar-refractivity contribution is -0.120. The molecular formula is C28H32N2O6S. The molecule has 196 valence electrons. The van der Waals surface area contributed by atoms with Gasteiger partial charge in [0.25, 0.3) is 10.0 Å². The number of rotatable bonds is 9. The van der Waals surface area contributed by atoms with Gasteiger partial charge >= 0.3 is 0 Å². The Balaban J connectivity index is 1.68. The number of nitrogens with zero attached hydrogens (tertiary/aromatic N) is 1. The van der Waals surface area contributed by atoms with Gasteiger partial charge < -0.3 is 19.5 Å². The van der Waals surface area contributed by atoms with Gasteiger partial charge in [-0.05, 0) is 57.2 Å². The average molecular weight is 525 g/mol. The minimum Gasteiger partial charge on any atom is -0.497 e. The number of amides is 1. The highest BCUT2D eigenvalue weighted by Gasteiger charge is 2.36. The van der Waals surface area contributed by atoms with Gasteiger partial charge in [-0.25, -0.2) is 8.42 Å². The largest absolute Gasteiger partial charge is 0.497 e. The monoisotopic (exact) mass is 524 g/mol. The van der Waals surface area contributed by atoms with Gasteiger partial charge in [-0.1, -0.05) is 30.3 Å². The van der Waals surface area contributed by atoms with Crippen molar-refractivity contribution in [2.45, 2.75) is 43.7 Å². The van der Waals surface area contributed by atoms with Crippen LogP contribution in [0.4, 0.5) is 5.69 Å². The van der Waals surface area contributed by atoms with Crippen molar-refractivity contribution >= 4 is 21.6 Å². The number of ether oxygens (including phenoxy) is 3. The fourth-order valence-corrected chi connectivity index (χ4v) is 5.87. The summed E-state index contributed by atoms with van der Waals surface area (Å²) < 4.78 is 45.7. The van der Waals surface area contributed by atoms with E-state index < -0.39 is 28.1 Å². The summed E-state index contributed by atoms with van der Waals surface area (Å²) in [6.07, 6.45) is 0.513. The van der Waals surface area contributed by atoms with E-state index in [1.54, 1.807) is 55.6 Å². The molecule has 9 heteroatoms. The van der Waals surface area contributed by atoms with Crippen LogP contribution in [0, 0.1) is 0 Å². The normalized spacial score (nSPS) is 16.2. The Morgan fingerprint density at radius 2 is 1.78 bits per heavy atom. The van der Waals surface area contributed by atoms with Crippen LogP contribution in [0.2, 0.25) is 0 Å². The highest BCUT2D eigenvalue weighted by atomic mass is 32.2. The van der Waals surface area contributed by atoms with E-state index >= 15 is 0 Å². The molecule has 0 bridgehead atoms. The predicted molar refractivity (Wildman–Crippen MR) is 142 cm³/mol. The molecule has 0 aromatic heterocycles. The van der Waals surface area contributed by atoms with Crippen LogP contribution in [0.5, 0.6) is 17.2 Å². The molecule has 1 N–H and O–H groups in total. The van der Waals surface area contributed by atoms with Gasteiger partial charge in [-0.15, -0.1) is 0 Å². The van der Waals surface area contributed by atoms with Crippen LogP contribution in [0.3, 0.4) is 0 Å². The zero-order valence-electron chi connectivity index (χ0n) is 21.4. The van der Waals surface area contributed by atoms with Gasteiger partial charge in [-0.2, -0.15) is 0 Å². The standard InChI is InChI=1S/C28H32N2O6S/c1-5-35-25-14-10-9-13-24(25)30(37(32,33)21-11-7-6-8-12-21)19-27(31)29-23-18-28(2,3)36-26-17-20(34-4)15-16-22(23)26/h6-17,23H,5,18-19H2,1-4H3,(H,29,31). The molecule has 8 nitrogen and oxygen atoms in total. The minimum absolute atomic E-state index is 0.0822. The third-order valence-electron chi connectivity index (χ3n) is 6.07. The number of benzene rings is 3. The van der Waals surface area contributed by atoms with Gasteiger partial charge in [0.2, 0.25) is 5.91 Å². The van der Waals surface area contributed by atoms with Gasteiger partial charge in [0, 0.05) is 18.1 Å². The maximum absolute atomic E-state index is 13.7. The lowest BCUT2D eigenvalue weighted by atomic mass is 9.89. The summed E-state index contributed by atoms with van der Waals surface area (Å²) in [6, 6.07) is 19.9. The molecule has 3 aromatic rings. The summed E-state index contributed by atoms with van der Waals surface area (Å²) >= 11 is 0. The number of carbonyl (C=O) groups is 1. The molecule has 0 saturated carbocycles. The molecule has 3 aromatic carbocycles. The summed E-state index contributed by atoms with van der Waals surface area (Å²) in [5.41, 5.74) is 0.552. The van der Waals surface area contributed by atoms with Crippen LogP contribution in [-0.4, -0.2) is 40.2 Å². The fourth-order valence-electron chi connectivity index (χ4n) is 4.42. The van der Waals surface area contributed by atoms with E-state index in [2.05, 4.69) is 5.32 Å². The molecule has 1 heterocycles. The molecule has 1 unspecified atom stereocenters. The zero-order valence-corrected chi connectivity index (χ0v) is 22.2. The summed E-state index contributed by atoms with van der Waals surface area (Å²) in [5, 5.41) is 3.04. The van der Waals surface area contributed by atoms with E-state index in [4.69, 9.17) is 14.2 Å². The van der Waals surface area contributed by atoms with Crippen molar-refractivity contribution in [1.29, 1.82) is 0 Å². The van der Waals surface area contributed by atoms with E-state index in [1.807, 2.05) is 32.9 Å². The first-order valence-corrected chi connectivity index (χ1v) is 13.5. The average Bonchev–Trinajstić information content (AvgIpc) is 2.87. The van der Waals surface area contributed by atoms with Crippen LogP contribution in [0.1, 0.15) is 38.8 Å². The zero-order chi connectivity index (χ0) is 26.6. The van der Waals surface area contributed by atoms with Crippen molar-refractivity contribution in [3.63, 3.8) is 0 Å². The number of hydrogen-bond donors (Lipinski definition) is 1. The molecule has 1 aliphatic rings. The quantitative estimate of drug-likeness (QED) is 0.436. The number of sulfonamides is 1. The first kappa shape index (κ1) is 26.3. The second-order valence-corrected chi connectivity index (χ2v) is 11.2. The summed E-state index contributed by atoms with van der Waals surface area (Å²) in [4.78, 5) is 13.5. The number of para-hydroxylation sites is 2. The molecule has 0 radical (unpaired) electrons. The summed E-state index contributed by atoms with van der Waals surface area (Å²) in [6.45, 7) is 5.63. The molecule has 1 aliphatic heterocycles. The van der Waals surface area contributed by atoms with Crippen LogP contribution in [-0.2, 0) is 14.8 Å². The van der Waals surface area contributed by atoms with Gasteiger partial charge in [-0.3, -0.25) is 9.10 Å². The minimum atomic E-state index is -4.07.